The molecule has 35 heavy (non-hydrogen) atoms. The Morgan fingerprint density at radius 3 is 1.91 bits per heavy atom. The highest BCUT2D eigenvalue weighted by Gasteiger charge is 2.32. The molecule has 0 spiro atoms. The summed E-state index contributed by atoms with van der Waals surface area (Å²) in [4.78, 5) is 27.7. The lowest BCUT2D eigenvalue weighted by Gasteiger charge is -2.24. The number of benzene rings is 4. The standard InChI is InChI=1S/C30H26N2O2S/c33-27-21-35-30(32(27)20-22-10-4-1-5-11-22)26-18-16-25(17-19-26)29(34)31-28(23-12-6-2-7-13-23)24-14-8-3-9-15-24/h1-19,28,30H,20-21H2,(H,31,34)/t30-/m0/s1. The van der Waals surface area contributed by atoms with Gasteiger partial charge in [0.1, 0.15) is 5.37 Å². The highest BCUT2D eigenvalue weighted by Crippen LogP contribution is 2.39. The van der Waals surface area contributed by atoms with Crippen LogP contribution in [0.15, 0.2) is 115 Å². The van der Waals surface area contributed by atoms with Crippen LogP contribution in [0.5, 0.6) is 0 Å². The fraction of sp³-hybridized carbons (Fsp3) is 0.133. The van der Waals surface area contributed by atoms with E-state index in [1.807, 2.05) is 120 Å². The molecule has 0 saturated carbocycles. The van der Waals surface area contributed by atoms with Gasteiger partial charge in [0, 0.05) is 12.1 Å². The van der Waals surface area contributed by atoms with Crippen LogP contribution in [0.3, 0.4) is 0 Å². The maximum Gasteiger partial charge on any atom is 0.252 e. The molecule has 1 heterocycles. The Kier molecular flexibility index (Phi) is 6.96. The normalized spacial score (nSPS) is 15.4. The number of nitrogens with zero attached hydrogens (tertiary/aromatic N) is 1. The first-order chi connectivity index (χ1) is 17.2. The van der Waals surface area contributed by atoms with E-state index in [-0.39, 0.29) is 23.2 Å². The smallest absolute Gasteiger partial charge is 0.252 e. The molecule has 1 saturated heterocycles. The zero-order valence-electron chi connectivity index (χ0n) is 19.2. The van der Waals surface area contributed by atoms with Crippen molar-refractivity contribution in [3.05, 3.63) is 143 Å². The fourth-order valence-corrected chi connectivity index (χ4v) is 5.53. The molecule has 0 aliphatic carbocycles. The second-order valence-electron chi connectivity index (χ2n) is 8.52. The van der Waals surface area contributed by atoms with E-state index >= 15 is 0 Å². The highest BCUT2D eigenvalue weighted by molar-refractivity contribution is 8.00. The molecule has 5 heteroatoms. The molecule has 1 atom stereocenters. The molecular weight excluding hydrogens is 452 g/mol. The average Bonchev–Trinajstić information content (AvgIpc) is 3.28. The monoisotopic (exact) mass is 478 g/mol. The summed E-state index contributed by atoms with van der Waals surface area (Å²) in [7, 11) is 0. The summed E-state index contributed by atoms with van der Waals surface area (Å²) >= 11 is 1.63. The van der Waals surface area contributed by atoms with E-state index in [4.69, 9.17) is 0 Å². The van der Waals surface area contributed by atoms with E-state index in [9.17, 15) is 9.59 Å². The van der Waals surface area contributed by atoms with Gasteiger partial charge in [-0.15, -0.1) is 11.8 Å². The third-order valence-electron chi connectivity index (χ3n) is 6.16. The Balaban J connectivity index is 1.33. The van der Waals surface area contributed by atoms with Crippen LogP contribution < -0.4 is 5.32 Å². The van der Waals surface area contributed by atoms with Crippen LogP contribution in [0.2, 0.25) is 0 Å². The van der Waals surface area contributed by atoms with Crippen molar-refractivity contribution >= 4 is 23.6 Å². The largest absolute Gasteiger partial charge is 0.341 e. The van der Waals surface area contributed by atoms with Crippen LogP contribution in [0, 0.1) is 0 Å². The molecule has 1 aliphatic rings. The first-order valence-corrected chi connectivity index (χ1v) is 12.7. The average molecular weight is 479 g/mol. The molecule has 1 fully saturated rings. The van der Waals surface area contributed by atoms with Crippen LogP contribution >= 0.6 is 11.8 Å². The van der Waals surface area contributed by atoms with Crippen LogP contribution in [0.1, 0.15) is 44.0 Å². The Morgan fingerprint density at radius 2 is 1.34 bits per heavy atom. The fourth-order valence-electron chi connectivity index (χ4n) is 4.34. The lowest BCUT2D eigenvalue weighted by atomic mass is 9.98. The number of hydrogen-bond donors (Lipinski definition) is 1. The number of hydrogen-bond acceptors (Lipinski definition) is 3. The molecule has 1 N–H and O–H groups in total. The molecule has 4 aromatic carbocycles. The van der Waals surface area contributed by atoms with E-state index in [1.54, 1.807) is 11.8 Å². The lowest BCUT2D eigenvalue weighted by Crippen LogP contribution is -2.29. The number of rotatable bonds is 7. The molecular formula is C30H26N2O2S. The van der Waals surface area contributed by atoms with E-state index in [0.717, 1.165) is 22.3 Å². The summed E-state index contributed by atoms with van der Waals surface area (Å²) in [5, 5.41) is 3.14. The van der Waals surface area contributed by atoms with E-state index < -0.39 is 0 Å². The summed E-state index contributed by atoms with van der Waals surface area (Å²) in [5.41, 5.74) is 4.78. The number of carbonyl (C=O) groups is 2. The Morgan fingerprint density at radius 1 is 0.800 bits per heavy atom. The first-order valence-electron chi connectivity index (χ1n) is 11.6. The molecule has 0 unspecified atom stereocenters. The van der Waals surface area contributed by atoms with Crippen LogP contribution in [0.25, 0.3) is 0 Å². The van der Waals surface area contributed by atoms with Crippen LogP contribution in [0.4, 0.5) is 0 Å². The first kappa shape index (κ1) is 22.9. The number of amides is 2. The summed E-state index contributed by atoms with van der Waals surface area (Å²) in [5.74, 6) is 0.472. The van der Waals surface area contributed by atoms with Gasteiger partial charge >= 0.3 is 0 Å². The second kappa shape index (κ2) is 10.6. The van der Waals surface area contributed by atoms with Gasteiger partial charge in [0.05, 0.1) is 11.8 Å². The van der Waals surface area contributed by atoms with Crippen molar-refractivity contribution in [2.45, 2.75) is 18.0 Å². The van der Waals surface area contributed by atoms with E-state index in [2.05, 4.69) is 5.32 Å². The zero-order chi connectivity index (χ0) is 24.0. The Bertz CT molecular complexity index is 1240. The van der Waals surface area contributed by atoms with Crippen molar-refractivity contribution in [3.63, 3.8) is 0 Å². The summed E-state index contributed by atoms with van der Waals surface area (Å²) in [6.45, 7) is 0.579. The number of carbonyl (C=O) groups excluding carboxylic acids is 2. The van der Waals surface area contributed by atoms with Gasteiger partial charge < -0.3 is 10.2 Å². The van der Waals surface area contributed by atoms with E-state index in [1.165, 1.54) is 0 Å². The SMILES string of the molecule is O=C(NC(c1ccccc1)c1ccccc1)c1ccc([C@@H]2SCC(=O)N2Cc2ccccc2)cc1. The Labute approximate surface area is 210 Å². The quantitative estimate of drug-likeness (QED) is 0.355. The van der Waals surface area contributed by atoms with Gasteiger partial charge in [-0.05, 0) is 34.4 Å². The summed E-state index contributed by atoms with van der Waals surface area (Å²) in [6.07, 6.45) is 0. The third-order valence-corrected chi connectivity index (χ3v) is 7.42. The predicted molar refractivity (Wildman–Crippen MR) is 141 cm³/mol. The van der Waals surface area contributed by atoms with Gasteiger partial charge in [-0.3, -0.25) is 9.59 Å². The van der Waals surface area contributed by atoms with Gasteiger partial charge in [0.15, 0.2) is 0 Å². The topological polar surface area (TPSA) is 49.4 Å². The minimum absolute atomic E-state index is 0.0544. The maximum atomic E-state index is 13.2. The maximum absolute atomic E-state index is 13.2. The van der Waals surface area contributed by atoms with Crippen molar-refractivity contribution in [2.75, 3.05) is 5.75 Å². The Hall–Kier alpha value is -3.83. The van der Waals surface area contributed by atoms with Crippen molar-refractivity contribution in [3.8, 4) is 0 Å². The van der Waals surface area contributed by atoms with Crippen molar-refractivity contribution in [1.82, 2.24) is 10.2 Å². The molecule has 4 aromatic rings. The van der Waals surface area contributed by atoms with Crippen LogP contribution in [-0.2, 0) is 11.3 Å². The molecule has 2 amide bonds. The predicted octanol–water partition coefficient (Wildman–Crippen LogP) is 5.98. The highest BCUT2D eigenvalue weighted by atomic mass is 32.2. The van der Waals surface area contributed by atoms with Gasteiger partial charge in [0.25, 0.3) is 5.91 Å². The van der Waals surface area contributed by atoms with Crippen molar-refractivity contribution < 1.29 is 9.59 Å². The number of thioether (sulfide) groups is 1. The van der Waals surface area contributed by atoms with E-state index in [0.29, 0.717) is 17.9 Å². The summed E-state index contributed by atoms with van der Waals surface area (Å²) in [6, 6.07) is 37.4. The van der Waals surface area contributed by atoms with Gasteiger partial charge in [-0.25, -0.2) is 0 Å². The minimum atomic E-state index is -0.242. The molecule has 0 bridgehead atoms. The molecule has 4 nitrogen and oxygen atoms in total. The van der Waals surface area contributed by atoms with Gasteiger partial charge in [-0.1, -0.05) is 103 Å². The summed E-state index contributed by atoms with van der Waals surface area (Å²) < 4.78 is 0. The third kappa shape index (κ3) is 5.31. The van der Waals surface area contributed by atoms with Crippen LogP contribution in [-0.4, -0.2) is 22.5 Å². The minimum Gasteiger partial charge on any atom is -0.341 e. The zero-order valence-corrected chi connectivity index (χ0v) is 20.0. The lowest BCUT2D eigenvalue weighted by molar-refractivity contribution is -0.128. The number of nitrogens with one attached hydrogen (secondary N) is 1. The molecule has 1 aliphatic heterocycles. The van der Waals surface area contributed by atoms with Crippen molar-refractivity contribution in [2.24, 2.45) is 0 Å². The van der Waals surface area contributed by atoms with Crippen molar-refractivity contribution in [1.29, 1.82) is 0 Å². The molecule has 5 rings (SSSR count). The molecule has 0 aromatic heterocycles. The second-order valence-corrected chi connectivity index (χ2v) is 9.59. The molecule has 0 radical (unpaired) electrons. The van der Waals surface area contributed by atoms with Gasteiger partial charge in [0.2, 0.25) is 5.91 Å². The van der Waals surface area contributed by atoms with Gasteiger partial charge in [-0.2, -0.15) is 0 Å². The molecule has 174 valence electrons.